The second-order valence-corrected chi connectivity index (χ2v) is 8.62. The molecule has 1 aromatic carbocycles. The number of nitrogens with zero attached hydrogens (tertiary/aromatic N) is 3. The van der Waals surface area contributed by atoms with E-state index in [1.165, 1.54) is 61.2 Å². The van der Waals surface area contributed by atoms with Crippen LogP contribution in [0.1, 0.15) is 54.0 Å². The molecule has 0 radical (unpaired) electrons. The highest BCUT2D eigenvalue weighted by Crippen LogP contribution is 2.50. The third-order valence-electron chi connectivity index (χ3n) is 6.69. The van der Waals surface area contributed by atoms with E-state index in [-0.39, 0.29) is 0 Å². The van der Waals surface area contributed by atoms with Crippen LogP contribution in [0.2, 0.25) is 0 Å². The molecule has 0 bridgehead atoms. The van der Waals surface area contributed by atoms with Crippen LogP contribution in [0.25, 0.3) is 5.57 Å². The standard InChI is InChI=1S/C24H29N3/c1-16-7-10-23-20(13-16)21-15-26(3)12-11-24(21)27(23)22-6-4-5-19(22)18-9-8-17(2)25-14-18/h7-10,13-14,21,24H,4-6,11-12,15H2,1-3H3. The van der Waals surface area contributed by atoms with Crippen molar-refractivity contribution in [3.8, 4) is 0 Å². The fraction of sp³-hybridized carbons (Fsp3) is 0.458. The van der Waals surface area contributed by atoms with Crippen LogP contribution in [0, 0.1) is 13.8 Å². The number of aromatic nitrogens is 1. The number of aryl methyl sites for hydroxylation is 2. The summed E-state index contributed by atoms with van der Waals surface area (Å²) < 4.78 is 0. The molecule has 1 saturated heterocycles. The molecule has 2 atom stereocenters. The zero-order valence-electron chi connectivity index (χ0n) is 16.7. The van der Waals surface area contributed by atoms with Gasteiger partial charge in [-0.15, -0.1) is 0 Å². The van der Waals surface area contributed by atoms with Gasteiger partial charge in [0.1, 0.15) is 0 Å². The number of pyridine rings is 1. The highest BCUT2D eigenvalue weighted by atomic mass is 15.2. The fourth-order valence-electron chi connectivity index (χ4n) is 5.38. The van der Waals surface area contributed by atoms with Gasteiger partial charge in [0.25, 0.3) is 0 Å². The van der Waals surface area contributed by atoms with E-state index in [0.717, 1.165) is 5.69 Å². The second kappa shape index (κ2) is 6.49. The monoisotopic (exact) mass is 359 g/mol. The summed E-state index contributed by atoms with van der Waals surface area (Å²) in [6.45, 7) is 6.66. The van der Waals surface area contributed by atoms with Gasteiger partial charge in [-0.25, -0.2) is 0 Å². The molecule has 1 fully saturated rings. The third-order valence-corrected chi connectivity index (χ3v) is 6.69. The summed E-state index contributed by atoms with van der Waals surface area (Å²) in [7, 11) is 2.27. The van der Waals surface area contributed by atoms with E-state index in [4.69, 9.17) is 0 Å². The lowest BCUT2D eigenvalue weighted by Crippen LogP contribution is -2.44. The first-order chi connectivity index (χ1) is 13.1. The number of rotatable bonds is 2. The highest BCUT2D eigenvalue weighted by molar-refractivity contribution is 5.78. The predicted octanol–water partition coefficient (Wildman–Crippen LogP) is 4.90. The number of allylic oxidation sites excluding steroid dienone is 2. The minimum atomic E-state index is 0.611. The fourth-order valence-corrected chi connectivity index (χ4v) is 5.38. The lowest BCUT2D eigenvalue weighted by molar-refractivity contribution is 0.234. The molecule has 5 rings (SSSR count). The average molecular weight is 360 g/mol. The molecule has 1 aromatic heterocycles. The largest absolute Gasteiger partial charge is 0.341 e. The van der Waals surface area contributed by atoms with Crippen LogP contribution < -0.4 is 4.90 Å². The average Bonchev–Trinajstić information content (AvgIpc) is 3.24. The number of likely N-dealkylation sites (N-methyl/N-ethyl adjacent to an activating group) is 1. The van der Waals surface area contributed by atoms with Gasteiger partial charge in [-0.05, 0) is 82.0 Å². The lowest BCUT2D eigenvalue weighted by atomic mass is 9.88. The van der Waals surface area contributed by atoms with Crippen LogP contribution >= 0.6 is 0 Å². The van der Waals surface area contributed by atoms with Crippen molar-refractivity contribution in [1.29, 1.82) is 0 Å². The zero-order chi connectivity index (χ0) is 18.5. The molecule has 0 amide bonds. The summed E-state index contributed by atoms with van der Waals surface area (Å²) in [6, 6.07) is 12.1. The third kappa shape index (κ3) is 2.80. The van der Waals surface area contributed by atoms with Crippen LogP contribution in [-0.4, -0.2) is 36.1 Å². The molecule has 27 heavy (non-hydrogen) atoms. The maximum absolute atomic E-state index is 4.57. The number of anilines is 1. The van der Waals surface area contributed by atoms with Crippen molar-refractivity contribution in [2.75, 3.05) is 25.0 Å². The Morgan fingerprint density at radius 2 is 1.96 bits per heavy atom. The van der Waals surface area contributed by atoms with E-state index < -0.39 is 0 Å². The zero-order valence-corrected chi connectivity index (χ0v) is 16.7. The molecule has 1 aliphatic carbocycles. The summed E-state index contributed by atoms with van der Waals surface area (Å²) in [5.41, 5.74) is 9.89. The van der Waals surface area contributed by atoms with E-state index in [9.17, 15) is 0 Å². The molecule has 3 nitrogen and oxygen atoms in total. The smallest absolute Gasteiger partial charge is 0.0448 e. The number of benzene rings is 1. The number of hydrogen-bond donors (Lipinski definition) is 0. The topological polar surface area (TPSA) is 19.4 Å². The Labute approximate surface area is 162 Å². The van der Waals surface area contributed by atoms with Gasteiger partial charge in [0, 0.05) is 41.8 Å². The molecule has 3 heteroatoms. The molecule has 2 aromatic rings. The van der Waals surface area contributed by atoms with E-state index in [2.05, 4.69) is 72.2 Å². The SMILES string of the molecule is Cc1ccc2c(c1)C1CN(C)CCC1N2C1=C(c2ccc(C)nc2)CCC1. The van der Waals surface area contributed by atoms with Gasteiger partial charge in [-0.3, -0.25) is 4.98 Å². The molecule has 2 aliphatic heterocycles. The number of piperidine rings is 1. The number of fused-ring (bicyclic) bond motifs is 3. The molecule has 0 spiro atoms. The molecule has 0 N–H and O–H groups in total. The Balaban J connectivity index is 1.63. The minimum absolute atomic E-state index is 0.611. The minimum Gasteiger partial charge on any atom is -0.341 e. The van der Waals surface area contributed by atoms with Crippen molar-refractivity contribution in [2.45, 2.75) is 51.5 Å². The lowest BCUT2D eigenvalue weighted by Gasteiger charge is -2.38. The van der Waals surface area contributed by atoms with Crippen LogP contribution in [0.5, 0.6) is 0 Å². The van der Waals surface area contributed by atoms with Crippen LogP contribution in [0.15, 0.2) is 42.2 Å². The van der Waals surface area contributed by atoms with Crippen LogP contribution in [-0.2, 0) is 0 Å². The van der Waals surface area contributed by atoms with Gasteiger partial charge in [0.2, 0.25) is 0 Å². The van der Waals surface area contributed by atoms with E-state index in [1.807, 2.05) is 0 Å². The normalized spacial score (nSPS) is 25.1. The van der Waals surface area contributed by atoms with E-state index >= 15 is 0 Å². The van der Waals surface area contributed by atoms with Crippen molar-refractivity contribution in [2.24, 2.45) is 0 Å². The first-order valence-corrected chi connectivity index (χ1v) is 10.3. The second-order valence-electron chi connectivity index (χ2n) is 8.62. The Morgan fingerprint density at radius 1 is 1.07 bits per heavy atom. The summed E-state index contributed by atoms with van der Waals surface area (Å²) in [5, 5.41) is 0. The molecule has 140 valence electrons. The number of likely N-dealkylation sites (tertiary alicyclic amines) is 1. The molecule has 3 aliphatic rings. The highest BCUT2D eigenvalue weighted by Gasteiger charge is 2.43. The van der Waals surface area contributed by atoms with Crippen molar-refractivity contribution in [3.05, 3.63) is 64.6 Å². The van der Waals surface area contributed by atoms with Crippen molar-refractivity contribution in [1.82, 2.24) is 9.88 Å². The summed E-state index contributed by atoms with van der Waals surface area (Å²) in [5.74, 6) is 0.629. The van der Waals surface area contributed by atoms with E-state index in [1.54, 1.807) is 11.3 Å². The molecular weight excluding hydrogens is 330 g/mol. The Bertz CT molecular complexity index is 896. The van der Waals surface area contributed by atoms with Gasteiger partial charge < -0.3 is 9.80 Å². The molecule has 3 heterocycles. The Hall–Kier alpha value is -2.13. The Kier molecular flexibility index (Phi) is 4.08. The summed E-state index contributed by atoms with van der Waals surface area (Å²) >= 11 is 0. The quantitative estimate of drug-likeness (QED) is 0.760. The molecule has 2 unspecified atom stereocenters. The van der Waals surface area contributed by atoms with Crippen molar-refractivity contribution < 1.29 is 0 Å². The van der Waals surface area contributed by atoms with Crippen LogP contribution in [0.3, 0.4) is 0 Å². The van der Waals surface area contributed by atoms with Gasteiger partial charge in [-0.1, -0.05) is 23.8 Å². The first kappa shape index (κ1) is 17.0. The van der Waals surface area contributed by atoms with Crippen LogP contribution in [0.4, 0.5) is 5.69 Å². The van der Waals surface area contributed by atoms with Crippen molar-refractivity contribution in [3.63, 3.8) is 0 Å². The van der Waals surface area contributed by atoms with Gasteiger partial charge >= 0.3 is 0 Å². The van der Waals surface area contributed by atoms with E-state index in [0.29, 0.717) is 12.0 Å². The van der Waals surface area contributed by atoms with Crippen molar-refractivity contribution >= 4 is 11.3 Å². The first-order valence-electron chi connectivity index (χ1n) is 10.3. The summed E-state index contributed by atoms with van der Waals surface area (Å²) in [4.78, 5) is 9.81. The predicted molar refractivity (Wildman–Crippen MR) is 112 cm³/mol. The van der Waals surface area contributed by atoms with Gasteiger partial charge in [0.15, 0.2) is 0 Å². The van der Waals surface area contributed by atoms with Gasteiger partial charge in [0.05, 0.1) is 0 Å². The summed E-state index contributed by atoms with van der Waals surface area (Å²) in [6.07, 6.45) is 6.95. The number of hydrogen-bond acceptors (Lipinski definition) is 3. The molecule has 0 saturated carbocycles. The molecular formula is C24H29N3. The maximum Gasteiger partial charge on any atom is 0.0448 e. The maximum atomic E-state index is 4.57. The Morgan fingerprint density at radius 3 is 2.78 bits per heavy atom. The van der Waals surface area contributed by atoms with Gasteiger partial charge in [-0.2, -0.15) is 0 Å².